The number of hydrogen-bond acceptors (Lipinski definition) is 3. The van der Waals surface area contributed by atoms with Crippen LogP contribution < -0.4 is 16.0 Å². The SMILES string of the molecule is CC(O)C(CCCCNC(=O)NC1CCCCC1)NC=O. The lowest BCUT2D eigenvalue weighted by Crippen LogP contribution is -2.43. The van der Waals surface area contributed by atoms with Gasteiger partial charge < -0.3 is 21.1 Å². The van der Waals surface area contributed by atoms with Crippen LogP contribution in [0.4, 0.5) is 4.79 Å². The van der Waals surface area contributed by atoms with Gasteiger partial charge in [-0.2, -0.15) is 0 Å². The Labute approximate surface area is 127 Å². The van der Waals surface area contributed by atoms with Gasteiger partial charge in [0.15, 0.2) is 0 Å². The van der Waals surface area contributed by atoms with Gasteiger partial charge >= 0.3 is 6.03 Å². The molecule has 0 saturated heterocycles. The first kappa shape index (κ1) is 17.8. The van der Waals surface area contributed by atoms with Gasteiger partial charge in [-0.1, -0.05) is 19.3 Å². The Hall–Kier alpha value is -1.30. The van der Waals surface area contributed by atoms with E-state index in [-0.39, 0.29) is 12.1 Å². The van der Waals surface area contributed by atoms with Crippen LogP contribution in [0.15, 0.2) is 0 Å². The minimum Gasteiger partial charge on any atom is -0.391 e. The number of hydrogen-bond donors (Lipinski definition) is 4. The molecule has 1 saturated carbocycles. The molecule has 21 heavy (non-hydrogen) atoms. The lowest BCUT2D eigenvalue weighted by molar-refractivity contribution is -0.110. The van der Waals surface area contributed by atoms with Crippen LogP contribution in [-0.4, -0.2) is 42.3 Å². The summed E-state index contributed by atoms with van der Waals surface area (Å²) in [5, 5.41) is 17.9. The molecule has 0 spiro atoms. The van der Waals surface area contributed by atoms with E-state index < -0.39 is 6.10 Å². The van der Waals surface area contributed by atoms with E-state index in [1.807, 2.05) is 0 Å². The maximum Gasteiger partial charge on any atom is 0.315 e. The number of amides is 3. The quantitative estimate of drug-likeness (QED) is 0.382. The van der Waals surface area contributed by atoms with E-state index in [0.717, 1.165) is 25.7 Å². The molecule has 3 amide bonds. The predicted molar refractivity (Wildman–Crippen MR) is 81.9 cm³/mol. The fourth-order valence-electron chi connectivity index (χ4n) is 2.73. The van der Waals surface area contributed by atoms with Crippen molar-refractivity contribution in [1.82, 2.24) is 16.0 Å². The maximum absolute atomic E-state index is 11.7. The molecule has 0 heterocycles. The standard InChI is InChI=1S/C15H29N3O3/c1-12(20)14(17-11-19)9-5-6-10-16-15(21)18-13-7-3-2-4-8-13/h11-14,20H,2-10H2,1H3,(H,17,19)(H2,16,18,21). The number of unbranched alkanes of at least 4 members (excludes halogenated alkanes) is 1. The van der Waals surface area contributed by atoms with Crippen molar-refractivity contribution in [3.05, 3.63) is 0 Å². The van der Waals surface area contributed by atoms with Crippen molar-refractivity contribution >= 4 is 12.4 Å². The highest BCUT2D eigenvalue weighted by molar-refractivity contribution is 5.74. The van der Waals surface area contributed by atoms with Crippen LogP contribution in [0, 0.1) is 0 Å². The fourth-order valence-corrected chi connectivity index (χ4v) is 2.73. The predicted octanol–water partition coefficient (Wildman–Crippen LogP) is 1.28. The van der Waals surface area contributed by atoms with Crippen LogP contribution in [0.1, 0.15) is 58.3 Å². The zero-order chi connectivity index (χ0) is 15.5. The van der Waals surface area contributed by atoms with Crippen LogP contribution in [0.3, 0.4) is 0 Å². The summed E-state index contributed by atoms with van der Waals surface area (Å²) in [4.78, 5) is 22.1. The number of nitrogens with one attached hydrogen (secondary N) is 3. The van der Waals surface area contributed by atoms with Crippen LogP contribution in [0.2, 0.25) is 0 Å². The second kappa shape index (κ2) is 10.4. The van der Waals surface area contributed by atoms with Crippen LogP contribution >= 0.6 is 0 Å². The average molecular weight is 299 g/mol. The van der Waals surface area contributed by atoms with Gasteiger partial charge in [-0.15, -0.1) is 0 Å². The summed E-state index contributed by atoms with van der Waals surface area (Å²) in [5.74, 6) is 0. The molecule has 2 atom stereocenters. The van der Waals surface area contributed by atoms with Crippen molar-refractivity contribution in [3.8, 4) is 0 Å². The lowest BCUT2D eigenvalue weighted by Gasteiger charge is -2.23. The van der Waals surface area contributed by atoms with E-state index >= 15 is 0 Å². The minimum atomic E-state index is -0.558. The fraction of sp³-hybridized carbons (Fsp3) is 0.867. The Morgan fingerprint density at radius 2 is 2.00 bits per heavy atom. The zero-order valence-electron chi connectivity index (χ0n) is 12.9. The molecule has 0 aliphatic heterocycles. The lowest BCUT2D eigenvalue weighted by atomic mass is 9.96. The second-order valence-electron chi connectivity index (χ2n) is 5.86. The Bertz CT molecular complexity index is 305. The molecule has 0 aromatic rings. The first-order chi connectivity index (χ1) is 10.1. The Morgan fingerprint density at radius 1 is 1.29 bits per heavy atom. The van der Waals surface area contributed by atoms with Gasteiger partial charge in [0.2, 0.25) is 6.41 Å². The highest BCUT2D eigenvalue weighted by atomic mass is 16.3. The number of rotatable bonds is 9. The van der Waals surface area contributed by atoms with Crippen molar-refractivity contribution in [2.45, 2.75) is 76.5 Å². The highest BCUT2D eigenvalue weighted by Crippen LogP contribution is 2.17. The molecule has 0 bridgehead atoms. The molecule has 2 unspecified atom stereocenters. The first-order valence-electron chi connectivity index (χ1n) is 8.05. The van der Waals surface area contributed by atoms with Crippen molar-refractivity contribution in [1.29, 1.82) is 0 Å². The molecule has 1 aliphatic rings. The van der Waals surface area contributed by atoms with E-state index in [4.69, 9.17) is 0 Å². The third-order valence-electron chi connectivity index (χ3n) is 4.03. The van der Waals surface area contributed by atoms with E-state index in [1.165, 1.54) is 19.3 Å². The molecule has 1 rings (SSSR count). The van der Waals surface area contributed by atoms with Gasteiger partial charge in [-0.3, -0.25) is 4.79 Å². The number of carbonyl (C=O) groups is 2. The van der Waals surface area contributed by atoms with Gasteiger partial charge in [-0.25, -0.2) is 4.79 Å². The van der Waals surface area contributed by atoms with E-state index in [2.05, 4.69) is 16.0 Å². The van der Waals surface area contributed by atoms with E-state index in [1.54, 1.807) is 6.92 Å². The minimum absolute atomic E-state index is 0.0833. The number of aliphatic hydroxyl groups excluding tert-OH is 1. The third-order valence-corrected chi connectivity index (χ3v) is 4.03. The molecule has 1 aliphatic carbocycles. The van der Waals surface area contributed by atoms with Gasteiger partial charge in [0.05, 0.1) is 12.1 Å². The van der Waals surface area contributed by atoms with Gasteiger partial charge in [0.1, 0.15) is 0 Å². The second-order valence-corrected chi connectivity index (χ2v) is 5.86. The molecule has 6 nitrogen and oxygen atoms in total. The summed E-state index contributed by atoms with van der Waals surface area (Å²) in [6.07, 6.45) is 8.31. The van der Waals surface area contributed by atoms with Crippen molar-refractivity contribution in [2.75, 3.05) is 6.54 Å². The number of aliphatic hydroxyl groups is 1. The van der Waals surface area contributed by atoms with Crippen LogP contribution in [-0.2, 0) is 4.79 Å². The molecule has 4 N–H and O–H groups in total. The molecule has 122 valence electrons. The summed E-state index contributed by atoms with van der Waals surface area (Å²) < 4.78 is 0. The summed E-state index contributed by atoms with van der Waals surface area (Å²) in [5.41, 5.74) is 0. The molecule has 0 aromatic carbocycles. The van der Waals surface area contributed by atoms with Crippen molar-refractivity contribution in [2.24, 2.45) is 0 Å². The van der Waals surface area contributed by atoms with Gasteiger partial charge in [0.25, 0.3) is 0 Å². The molecule has 0 aromatic heterocycles. The molecular formula is C15H29N3O3. The number of carbonyl (C=O) groups excluding carboxylic acids is 2. The summed E-state index contributed by atoms with van der Waals surface area (Å²) in [6, 6.07) is 0.0359. The van der Waals surface area contributed by atoms with Crippen LogP contribution in [0.25, 0.3) is 0 Å². The number of urea groups is 1. The Kier molecular flexibility index (Phi) is 8.82. The zero-order valence-corrected chi connectivity index (χ0v) is 12.9. The molecule has 1 fully saturated rings. The van der Waals surface area contributed by atoms with Gasteiger partial charge in [-0.05, 0) is 39.0 Å². The van der Waals surface area contributed by atoms with Crippen molar-refractivity contribution in [3.63, 3.8) is 0 Å². The summed E-state index contributed by atoms with van der Waals surface area (Å²) >= 11 is 0. The molecule has 0 radical (unpaired) electrons. The van der Waals surface area contributed by atoms with Crippen LogP contribution in [0.5, 0.6) is 0 Å². The monoisotopic (exact) mass is 299 g/mol. The topological polar surface area (TPSA) is 90.5 Å². The Balaban J connectivity index is 2.04. The van der Waals surface area contributed by atoms with Gasteiger partial charge in [0, 0.05) is 12.6 Å². The molecule has 6 heteroatoms. The van der Waals surface area contributed by atoms with E-state index in [9.17, 15) is 14.7 Å². The summed E-state index contributed by atoms with van der Waals surface area (Å²) in [7, 11) is 0. The average Bonchev–Trinajstić information content (AvgIpc) is 2.46. The third kappa shape index (κ3) is 7.90. The normalized spacial score (nSPS) is 18.6. The summed E-state index contributed by atoms with van der Waals surface area (Å²) in [6.45, 7) is 2.28. The maximum atomic E-state index is 11.7. The first-order valence-corrected chi connectivity index (χ1v) is 8.05. The Morgan fingerprint density at radius 3 is 2.62 bits per heavy atom. The molecular weight excluding hydrogens is 270 g/mol. The smallest absolute Gasteiger partial charge is 0.315 e. The van der Waals surface area contributed by atoms with E-state index in [0.29, 0.717) is 25.4 Å². The largest absolute Gasteiger partial charge is 0.391 e. The highest BCUT2D eigenvalue weighted by Gasteiger charge is 2.15. The van der Waals surface area contributed by atoms with Crippen molar-refractivity contribution < 1.29 is 14.7 Å².